The van der Waals surface area contributed by atoms with Gasteiger partial charge in [-0.1, -0.05) is 0 Å². The van der Waals surface area contributed by atoms with E-state index in [9.17, 15) is 4.79 Å². The predicted molar refractivity (Wildman–Crippen MR) is 42.1 cm³/mol. The number of aromatic amines is 1. The highest BCUT2D eigenvalue weighted by Crippen LogP contribution is 1.98. The average molecular weight is 151 g/mol. The van der Waals surface area contributed by atoms with Gasteiger partial charge in [0.15, 0.2) is 0 Å². The van der Waals surface area contributed by atoms with Crippen molar-refractivity contribution in [2.45, 2.75) is 13.8 Å². The average Bonchev–Trinajstić information content (AvgIpc) is 1.85. The van der Waals surface area contributed by atoms with Gasteiger partial charge in [0.25, 0.3) is 5.56 Å². The molecule has 0 fully saturated rings. The van der Waals surface area contributed by atoms with E-state index in [1.165, 1.54) is 6.20 Å². The lowest BCUT2D eigenvalue weighted by molar-refractivity contribution is 0.966. The van der Waals surface area contributed by atoms with E-state index in [-0.39, 0.29) is 11.3 Å². The molecule has 1 rings (SSSR count). The molecule has 0 spiro atoms. The fourth-order valence-corrected chi connectivity index (χ4v) is 0.953. The molecule has 4 nitrogen and oxygen atoms in total. The van der Waals surface area contributed by atoms with E-state index in [4.69, 9.17) is 5.41 Å². The Kier molecular flexibility index (Phi) is 1.85. The largest absolute Gasteiger partial charge is 0.305 e. The molecule has 0 unspecified atom stereocenters. The topological polar surface area (TPSA) is 69.6 Å². The first-order valence-corrected chi connectivity index (χ1v) is 3.22. The van der Waals surface area contributed by atoms with Gasteiger partial charge in [-0.15, -0.1) is 0 Å². The first-order chi connectivity index (χ1) is 5.13. The Bertz CT molecular complexity index is 340. The van der Waals surface area contributed by atoms with Gasteiger partial charge in [0.1, 0.15) is 0 Å². The number of hydrogen-bond donors (Lipinski definition) is 2. The van der Waals surface area contributed by atoms with Crippen LogP contribution < -0.4 is 5.56 Å². The van der Waals surface area contributed by atoms with Crippen molar-refractivity contribution in [3.8, 4) is 0 Å². The third kappa shape index (κ3) is 1.34. The first-order valence-electron chi connectivity index (χ1n) is 3.22. The van der Waals surface area contributed by atoms with Gasteiger partial charge in [-0.05, 0) is 19.4 Å². The van der Waals surface area contributed by atoms with E-state index in [0.717, 1.165) is 5.56 Å². The van der Waals surface area contributed by atoms with Crippen LogP contribution in [-0.2, 0) is 0 Å². The zero-order valence-electron chi connectivity index (χ0n) is 6.43. The minimum atomic E-state index is -0.294. The summed E-state index contributed by atoms with van der Waals surface area (Å²) in [5.74, 6) is 0. The second kappa shape index (κ2) is 2.65. The molecule has 0 bridgehead atoms. The Morgan fingerprint density at radius 3 is 2.73 bits per heavy atom. The lowest BCUT2D eigenvalue weighted by Gasteiger charge is -1.98. The molecule has 0 saturated heterocycles. The van der Waals surface area contributed by atoms with Crippen LogP contribution in [0.3, 0.4) is 0 Å². The smallest absolute Gasteiger partial charge is 0.273 e. The fourth-order valence-electron chi connectivity index (χ4n) is 0.953. The summed E-state index contributed by atoms with van der Waals surface area (Å²) in [5, 5.41) is 13.1. The van der Waals surface area contributed by atoms with Gasteiger partial charge in [-0.3, -0.25) is 4.79 Å². The van der Waals surface area contributed by atoms with E-state index in [1.807, 2.05) is 0 Å². The summed E-state index contributed by atoms with van der Waals surface area (Å²) in [6.07, 6.45) is 1.54. The normalized spacial score (nSPS) is 9.64. The van der Waals surface area contributed by atoms with Gasteiger partial charge in [0, 0.05) is 5.71 Å². The molecule has 0 aliphatic heterocycles. The summed E-state index contributed by atoms with van der Waals surface area (Å²) in [6, 6.07) is 0. The quantitative estimate of drug-likeness (QED) is 0.572. The highest BCUT2D eigenvalue weighted by molar-refractivity contribution is 5.96. The minimum absolute atomic E-state index is 0.270. The van der Waals surface area contributed by atoms with E-state index in [0.29, 0.717) is 5.56 Å². The third-order valence-corrected chi connectivity index (χ3v) is 1.42. The molecule has 0 radical (unpaired) electrons. The molecular weight excluding hydrogens is 142 g/mol. The maximum atomic E-state index is 11.0. The Hall–Kier alpha value is -1.45. The lowest BCUT2D eigenvalue weighted by Crippen LogP contribution is -2.18. The molecule has 0 amide bonds. The number of nitrogens with zero attached hydrogens (tertiary/aromatic N) is 1. The summed E-state index contributed by atoms with van der Waals surface area (Å²) in [6.45, 7) is 3.34. The summed E-state index contributed by atoms with van der Waals surface area (Å²) >= 11 is 0. The van der Waals surface area contributed by atoms with E-state index in [1.54, 1.807) is 13.8 Å². The molecule has 0 atom stereocenters. The van der Waals surface area contributed by atoms with Crippen LogP contribution in [0.15, 0.2) is 11.0 Å². The molecule has 2 N–H and O–H groups in total. The van der Waals surface area contributed by atoms with Crippen molar-refractivity contribution in [2.24, 2.45) is 0 Å². The maximum Gasteiger partial charge on any atom is 0.273 e. The van der Waals surface area contributed by atoms with E-state index >= 15 is 0 Å². The number of aryl methyl sites for hydroxylation is 1. The number of aromatic nitrogens is 2. The van der Waals surface area contributed by atoms with Crippen LogP contribution in [0, 0.1) is 12.3 Å². The van der Waals surface area contributed by atoms with Gasteiger partial charge in [-0.2, -0.15) is 5.10 Å². The number of nitrogens with one attached hydrogen (secondary N) is 2. The molecule has 0 saturated carbocycles. The standard InChI is InChI=1S/C7H9N3O/c1-4-3-9-10-7(11)6(4)5(2)8/h3,8H,1-2H3,(H,10,11). The zero-order chi connectivity index (χ0) is 8.43. The predicted octanol–water partition coefficient (Wildman–Crippen LogP) is 0.466. The monoisotopic (exact) mass is 151 g/mol. The molecule has 4 heteroatoms. The molecule has 1 heterocycles. The van der Waals surface area contributed by atoms with Gasteiger partial charge in [0.05, 0.1) is 11.8 Å². The van der Waals surface area contributed by atoms with Crippen LogP contribution >= 0.6 is 0 Å². The Morgan fingerprint density at radius 2 is 2.36 bits per heavy atom. The second-order valence-corrected chi connectivity index (χ2v) is 2.38. The van der Waals surface area contributed by atoms with Crippen LogP contribution in [0.5, 0.6) is 0 Å². The third-order valence-electron chi connectivity index (χ3n) is 1.42. The van der Waals surface area contributed by atoms with Crippen LogP contribution in [0.2, 0.25) is 0 Å². The SMILES string of the molecule is CC(=N)c1c(C)cn[nH]c1=O. The van der Waals surface area contributed by atoms with Crippen molar-refractivity contribution in [3.63, 3.8) is 0 Å². The van der Waals surface area contributed by atoms with Crippen molar-refractivity contribution in [2.75, 3.05) is 0 Å². The fraction of sp³-hybridized carbons (Fsp3) is 0.286. The van der Waals surface area contributed by atoms with Crippen LogP contribution in [0.1, 0.15) is 18.1 Å². The number of H-pyrrole nitrogens is 1. The van der Waals surface area contributed by atoms with Crippen molar-refractivity contribution in [3.05, 3.63) is 27.7 Å². The highest BCUT2D eigenvalue weighted by Gasteiger charge is 2.04. The van der Waals surface area contributed by atoms with Crippen molar-refractivity contribution in [1.29, 1.82) is 5.41 Å². The number of hydrogen-bond acceptors (Lipinski definition) is 3. The molecule has 0 aliphatic rings. The van der Waals surface area contributed by atoms with Crippen molar-refractivity contribution < 1.29 is 0 Å². The molecule has 11 heavy (non-hydrogen) atoms. The first kappa shape index (κ1) is 7.65. The molecule has 0 aliphatic carbocycles. The van der Waals surface area contributed by atoms with Crippen molar-refractivity contribution >= 4 is 5.71 Å². The minimum Gasteiger partial charge on any atom is -0.305 e. The lowest BCUT2D eigenvalue weighted by atomic mass is 10.1. The number of rotatable bonds is 1. The van der Waals surface area contributed by atoms with Gasteiger partial charge in [-0.25, -0.2) is 5.10 Å². The Morgan fingerprint density at radius 1 is 1.73 bits per heavy atom. The van der Waals surface area contributed by atoms with Crippen LogP contribution in [0.4, 0.5) is 0 Å². The van der Waals surface area contributed by atoms with Gasteiger partial charge in [0.2, 0.25) is 0 Å². The second-order valence-electron chi connectivity index (χ2n) is 2.38. The van der Waals surface area contributed by atoms with E-state index in [2.05, 4.69) is 10.2 Å². The van der Waals surface area contributed by atoms with Crippen molar-refractivity contribution in [1.82, 2.24) is 10.2 Å². The van der Waals surface area contributed by atoms with Gasteiger partial charge >= 0.3 is 0 Å². The summed E-state index contributed by atoms with van der Waals surface area (Å²) in [5.41, 5.74) is 1.13. The Balaban J connectivity index is 3.45. The molecular formula is C7H9N3O. The Labute approximate surface area is 63.8 Å². The summed E-state index contributed by atoms with van der Waals surface area (Å²) in [7, 11) is 0. The zero-order valence-corrected chi connectivity index (χ0v) is 6.43. The molecule has 1 aromatic rings. The van der Waals surface area contributed by atoms with Crippen LogP contribution in [-0.4, -0.2) is 15.9 Å². The van der Waals surface area contributed by atoms with E-state index < -0.39 is 0 Å². The molecule has 58 valence electrons. The highest BCUT2D eigenvalue weighted by atomic mass is 16.1. The van der Waals surface area contributed by atoms with Crippen LogP contribution in [0.25, 0.3) is 0 Å². The summed E-state index contributed by atoms with van der Waals surface area (Å²) < 4.78 is 0. The molecule has 1 aromatic heterocycles. The molecule has 0 aromatic carbocycles. The summed E-state index contributed by atoms with van der Waals surface area (Å²) in [4.78, 5) is 11.0. The van der Waals surface area contributed by atoms with Gasteiger partial charge < -0.3 is 5.41 Å². The maximum absolute atomic E-state index is 11.0.